The van der Waals surface area contributed by atoms with Crippen molar-refractivity contribution in [1.82, 2.24) is 58.2 Å². The van der Waals surface area contributed by atoms with E-state index in [4.69, 9.17) is 0 Å². The molecular weight excluding hydrogens is 1120 g/mol. The van der Waals surface area contributed by atoms with Crippen LogP contribution >= 0.6 is 21.6 Å². The summed E-state index contributed by atoms with van der Waals surface area (Å²) in [4.78, 5) is 162. The van der Waals surface area contributed by atoms with Gasteiger partial charge in [0.25, 0.3) is 0 Å². The van der Waals surface area contributed by atoms with Crippen LogP contribution in [0.2, 0.25) is 0 Å². The summed E-state index contributed by atoms with van der Waals surface area (Å²) in [6.45, 7) is 8.63. The number of allylic oxidation sites excluding steroid dienone is 1. The van der Waals surface area contributed by atoms with Crippen molar-refractivity contribution < 1.29 is 57.8 Å². The van der Waals surface area contributed by atoms with E-state index in [-0.39, 0.29) is 73.8 Å². The lowest BCUT2D eigenvalue weighted by atomic mass is 9.82. The van der Waals surface area contributed by atoms with Crippen LogP contribution in [0.25, 0.3) is 10.8 Å². The van der Waals surface area contributed by atoms with Gasteiger partial charge in [-0.25, -0.2) is 0 Å². The summed E-state index contributed by atoms with van der Waals surface area (Å²) in [6.07, 6.45) is 8.05. The molecule has 10 amide bonds. The third kappa shape index (κ3) is 21.8. The molecular formula is C58H82N12O12S2. The molecule has 1 saturated carbocycles. The van der Waals surface area contributed by atoms with E-state index in [2.05, 4.69) is 63.1 Å². The summed E-state index contributed by atoms with van der Waals surface area (Å²) in [5.41, 5.74) is 0.709. The van der Waals surface area contributed by atoms with E-state index in [9.17, 15) is 57.8 Å². The summed E-state index contributed by atoms with van der Waals surface area (Å²) in [6, 6.07) is -0.806. The molecule has 4 aliphatic rings. The van der Waals surface area contributed by atoms with Crippen molar-refractivity contribution in [3.8, 4) is 0 Å². The quantitative estimate of drug-likeness (QED) is 0.144. The normalized spacial score (nSPS) is 27.0. The molecule has 2 saturated heterocycles. The van der Waals surface area contributed by atoms with Crippen LogP contribution in [0.3, 0.4) is 0 Å². The second kappa shape index (κ2) is 32.3. The average Bonchev–Trinajstić information content (AvgIpc) is 4.20. The molecule has 0 spiro atoms. The Hall–Kier alpha value is -7.09. The van der Waals surface area contributed by atoms with Crippen molar-refractivity contribution >= 4 is 104 Å². The second-order valence-electron chi connectivity index (χ2n) is 23.1. The Kier molecular flexibility index (Phi) is 25.4. The monoisotopic (exact) mass is 1200 g/mol. The molecule has 11 N–H and O–H groups in total. The summed E-state index contributed by atoms with van der Waals surface area (Å²) in [7, 11) is 2.53. The number of aromatic nitrogens is 1. The zero-order chi connectivity index (χ0) is 60.9. The summed E-state index contributed by atoms with van der Waals surface area (Å²) >= 11 is 0. The fourth-order valence-electron chi connectivity index (χ4n) is 9.93. The Balaban J connectivity index is 1.34. The van der Waals surface area contributed by atoms with Gasteiger partial charge in [-0.1, -0.05) is 98.9 Å². The molecule has 4 heterocycles. The third-order valence-corrected chi connectivity index (χ3v) is 17.2. The van der Waals surface area contributed by atoms with E-state index in [1.165, 1.54) is 28.5 Å². The lowest BCUT2D eigenvalue weighted by molar-refractivity contribution is -0.138. The molecule has 9 atom stereocenters. The van der Waals surface area contributed by atoms with Crippen molar-refractivity contribution in [3.05, 3.63) is 54.0 Å². The number of nitrogens with one attached hydrogen (secondary N) is 10. The number of aliphatic carboxylic acids is 1. The van der Waals surface area contributed by atoms with Crippen LogP contribution < -0.4 is 53.2 Å². The zero-order valence-electron chi connectivity index (χ0n) is 48.5. The summed E-state index contributed by atoms with van der Waals surface area (Å²) in [5, 5.41) is 38.7. The third-order valence-electron chi connectivity index (χ3n) is 14.7. The number of carboxylic acid groups (broad SMARTS) is 1. The Morgan fingerprint density at radius 3 is 1.89 bits per heavy atom. The highest BCUT2D eigenvalue weighted by Gasteiger charge is 2.37. The molecule has 458 valence electrons. The molecule has 2 bridgehead atoms. The van der Waals surface area contributed by atoms with Crippen LogP contribution in [-0.2, 0) is 59.2 Å². The van der Waals surface area contributed by atoms with E-state index in [0.717, 1.165) is 23.6 Å². The van der Waals surface area contributed by atoms with E-state index in [0.29, 0.717) is 43.5 Å². The highest BCUT2D eigenvalue weighted by Crippen LogP contribution is 2.34. The molecule has 3 fully saturated rings. The molecule has 1 aliphatic carbocycles. The Morgan fingerprint density at radius 2 is 1.25 bits per heavy atom. The minimum Gasteiger partial charge on any atom is -0.481 e. The van der Waals surface area contributed by atoms with Gasteiger partial charge in [-0.05, 0) is 81.1 Å². The standard InChI is InChI=1S/C58H82N12O12S2/c1-6-40-53(78)69-45(29-39-27-35-12-7-8-14-37(35)31-61-39)51(76)60-22-10-9-13-36(30-58(3,4)5)50(75)63-33(2)49(74)66-42-20-24-83-84-25-21-43(55(80)65-40)67-54(79)41(18-19-48(72)73)64-47(71)32-62-52(77)44(26-34-16-17-34)68-57(82)46(70-56(42)81)28-38-15-11-23-59-38/h7-8,12,14-15,23,27,31,33-34,36,40-46H,6,9-11,13,16-22,24-26,28-30,32H2,1-5H3,(H,60,76)(H,62,77)(H,63,75)(H,64,71)(H,65,80)(H,66,74)(H,67,79)(H,68,82)(H,69,78)(H,70,81)(H,72,73)/t33-,36-,40-,41-,42+,43+,44-,45-,46-/m0/s1. The Bertz CT molecular complexity index is 2790. The Morgan fingerprint density at radius 1 is 0.643 bits per heavy atom. The number of hydrogen-bond donors (Lipinski definition) is 11. The highest BCUT2D eigenvalue weighted by molar-refractivity contribution is 8.76. The molecule has 1 aromatic carbocycles. The number of rotatable bonds is 11. The highest BCUT2D eigenvalue weighted by atomic mass is 33.1. The number of hydrogen-bond acceptors (Lipinski definition) is 15. The van der Waals surface area contributed by atoms with Gasteiger partial charge < -0.3 is 58.3 Å². The van der Waals surface area contributed by atoms with Gasteiger partial charge in [0.2, 0.25) is 59.1 Å². The van der Waals surface area contributed by atoms with E-state index in [1.54, 1.807) is 25.4 Å². The van der Waals surface area contributed by atoms with Crippen LogP contribution in [0.5, 0.6) is 0 Å². The molecule has 0 unspecified atom stereocenters. The van der Waals surface area contributed by atoms with Gasteiger partial charge in [0, 0.05) is 78.8 Å². The number of carbonyl (C=O) groups excluding carboxylic acids is 10. The number of carboxylic acids is 1. The predicted octanol–water partition coefficient (Wildman–Crippen LogP) is 2.14. The smallest absolute Gasteiger partial charge is 0.303 e. The summed E-state index contributed by atoms with van der Waals surface area (Å²) in [5.74, 6) is -8.49. The molecule has 2 aromatic rings. The maximum absolute atomic E-state index is 14.5. The first-order chi connectivity index (χ1) is 40.0. The van der Waals surface area contributed by atoms with Gasteiger partial charge in [-0.2, -0.15) is 0 Å². The fourth-order valence-corrected chi connectivity index (χ4v) is 12.1. The van der Waals surface area contributed by atoms with Crippen LogP contribution in [0.15, 0.2) is 53.3 Å². The molecule has 0 radical (unpaired) electrons. The topological polar surface area (TPSA) is 354 Å². The number of aliphatic imine (C=N–C) groups is 1. The lowest BCUT2D eigenvalue weighted by Crippen LogP contribution is -2.59. The van der Waals surface area contributed by atoms with Gasteiger partial charge in [0.05, 0.1) is 6.54 Å². The maximum Gasteiger partial charge on any atom is 0.303 e. The number of nitrogens with zero attached hydrogens (tertiary/aromatic N) is 2. The van der Waals surface area contributed by atoms with Crippen molar-refractivity contribution in [3.63, 3.8) is 0 Å². The van der Waals surface area contributed by atoms with Crippen LogP contribution in [-0.4, -0.2) is 154 Å². The van der Waals surface area contributed by atoms with E-state index < -0.39 is 133 Å². The minimum atomic E-state index is -1.52. The van der Waals surface area contributed by atoms with Crippen LogP contribution in [0, 0.1) is 17.3 Å². The number of amides is 10. The molecule has 24 nitrogen and oxygen atoms in total. The van der Waals surface area contributed by atoms with Gasteiger partial charge in [-0.15, -0.1) is 0 Å². The van der Waals surface area contributed by atoms with Gasteiger partial charge in [0.1, 0.15) is 48.3 Å². The summed E-state index contributed by atoms with van der Waals surface area (Å²) < 4.78 is 0. The number of fused-ring (bicyclic) bond motifs is 8. The number of carbonyl (C=O) groups is 11. The molecule has 1 aromatic heterocycles. The largest absolute Gasteiger partial charge is 0.481 e. The van der Waals surface area contributed by atoms with Crippen molar-refractivity contribution in [2.75, 3.05) is 24.6 Å². The first-order valence-corrected chi connectivity index (χ1v) is 31.5. The first kappa shape index (κ1) is 66.1. The molecule has 6 rings (SSSR count). The number of benzene rings is 1. The zero-order valence-corrected chi connectivity index (χ0v) is 50.1. The second-order valence-corrected chi connectivity index (χ2v) is 25.8. The minimum absolute atomic E-state index is 0.0117. The lowest BCUT2D eigenvalue weighted by Gasteiger charge is -2.28. The van der Waals surface area contributed by atoms with E-state index >= 15 is 0 Å². The van der Waals surface area contributed by atoms with Gasteiger partial charge in [-0.3, -0.25) is 62.7 Å². The first-order valence-electron chi connectivity index (χ1n) is 29.0. The average molecular weight is 1200 g/mol. The SMILES string of the molecule is CC[C@@H]1NC(=O)[C@H]2CCSSCC[C@@H](NC(=O)[C@H](C)NC(=O)[C@H](CC(C)(C)C)CCCCNC(=O)[C@H](Cc3cc4ccccc4cn3)NC1=O)C(=O)N[C@@H](CC1=CCC=N1)C(=O)N[C@@H](CC1CC1)C(=O)NCC(=O)N[C@@H](CCC(=O)O)C(=O)N2. The molecule has 26 heteroatoms. The molecule has 84 heavy (non-hydrogen) atoms. The predicted molar refractivity (Wildman–Crippen MR) is 318 cm³/mol. The maximum atomic E-state index is 14.5. The van der Waals surface area contributed by atoms with Crippen LogP contribution in [0.4, 0.5) is 0 Å². The van der Waals surface area contributed by atoms with Crippen molar-refractivity contribution in [2.24, 2.45) is 22.2 Å². The number of pyridine rings is 1. The van der Waals surface area contributed by atoms with Gasteiger partial charge >= 0.3 is 5.97 Å². The van der Waals surface area contributed by atoms with Crippen molar-refractivity contribution in [2.45, 2.75) is 179 Å². The van der Waals surface area contributed by atoms with Crippen molar-refractivity contribution in [1.29, 1.82) is 0 Å². The van der Waals surface area contributed by atoms with E-state index in [1.807, 2.05) is 51.1 Å². The Labute approximate surface area is 497 Å². The van der Waals surface area contributed by atoms with Gasteiger partial charge in [0.15, 0.2) is 0 Å². The van der Waals surface area contributed by atoms with Crippen LogP contribution in [0.1, 0.15) is 130 Å². The fraction of sp³-hybridized carbons (Fsp3) is 0.603. The molecule has 3 aliphatic heterocycles.